The maximum atomic E-state index is 11.9. The van der Waals surface area contributed by atoms with Crippen LogP contribution in [0.15, 0.2) is 24.8 Å². The summed E-state index contributed by atoms with van der Waals surface area (Å²) in [5, 5.41) is 8.99. The lowest BCUT2D eigenvalue weighted by Crippen LogP contribution is -2.21. The van der Waals surface area contributed by atoms with Crippen LogP contribution in [0.3, 0.4) is 0 Å². The lowest BCUT2D eigenvalue weighted by Gasteiger charge is -2.13. The topological polar surface area (TPSA) is 63.6 Å². The molecule has 0 saturated carbocycles. The van der Waals surface area contributed by atoms with Gasteiger partial charge < -0.3 is 9.84 Å². The zero-order valence-corrected chi connectivity index (χ0v) is 21.5. The molecule has 0 bridgehead atoms. The second-order valence-corrected chi connectivity index (χ2v) is 9.35. The molecule has 0 aromatic heterocycles. The average molecular weight is 465 g/mol. The van der Waals surface area contributed by atoms with E-state index in [1.54, 1.807) is 0 Å². The summed E-state index contributed by atoms with van der Waals surface area (Å²) in [7, 11) is 0. The first-order valence-electron chi connectivity index (χ1n) is 13.8. The van der Waals surface area contributed by atoms with Crippen molar-refractivity contribution >= 4 is 11.9 Å². The summed E-state index contributed by atoms with van der Waals surface area (Å²) in [5.74, 6) is -1.89. The first kappa shape index (κ1) is 31.4. The zero-order valence-electron chi connectivity index (χ0n) is 21.5. The average Bonchev–Trinajstić information content (AvgIpc) is 2.80. The van der Waals surface area contributed by atoms with Crippen LogP contribution in [0.4, 0.5) is 0 Å². The molecule has 0 radical (unpaired) electrons. The fourth-order valence-electron chi connectivity index (χ4n) is 4.12. The summed E-state index contributed by atoms with van der Waals surface area (Å²) in [5.41, 5.74) is 0. The number of aliphatic carboxylic acids is 1. The monoisotopic (exact) mass is 464 g/mol. The van der Waals surface area contributed by atoms with Gasteiger partial charge >= 0.3 is 11.9 Å². The highest BCUT2D eigenvalue weighted by Gasteiger charge is 2.22. The van der Waals surface area contributed by atoms with Crippen molar-refractivity contribution in [2.24, 2.45) is 5.92 Å². The number of esters is 1. The molecule has 0 aliphatic carbocycles. The predicted molar refractivity (Wildman–Crippen MR) is 139 cm³/mol. The number of carbonyl (C=O) groups is 2. The standard InChI is InChI=1S/C29H52O4/c1-3-5-6-7-8-9-10-11-12-13-14-15-16-17-18-19-20-21-22-23-24-27(26-28(30)31)29(32)33-25-4-2/h4,13-14,27H,2-3,5-12,15-26H2,1H3,(H,30,31)/b14-13+. The van der Waals surface area contributed by atoms with Crippen LogP contribution in [0, 0.1) is 5.92 Å². The third-order valence-corrected chi connectivity index (χ3v) is 6.16. The number of carboxylic acids is 1. The van der Waals surface area contributed by atoms with Crippen LogP contribution in [-0.2, 0) is 14.3 Å². The molecule has 4 nitrogen and oxygen atoms in total. The summed E-state index contributed by atoms with van der Waals surface area (Å²) < 4.78 is 5.02. The van der Waals surface area contributed by atoms with Crippen molar-refractivity contribution in [1.82, 2.24) is 0 Å². The molecular weight excluding hydrogens is 412 g/mol. The van der Waals surface area contributed by atoms with E-state index in [2.05, 4.69) is 25.7 Å². The number of unbranched alkanes of at least 4 members (excludes halogenated alkanes) is 16. The smallest absolute Gasteiger partial charge is 0.309 e. The summed E-state index contributed by atoms with van der Waals surface area (Å²) in [6.45, 7) is 5.93. The van der Waals surface area contributed by atoms with Crippen LogP contribution in [0.25, 0.3) is 0 Å². The van der Waals surface area contributed by atoms with Crippen molar-refractivity contribution in [1.29, 1.82) is 0 Å². The summed E-state index contributed by atoms with van der Waals surface area (Å²) in [6.07, 6.45) is 29.7. The van der Waals surface area contributed by atoms with Crippen molar-refractivity contribution in [2.75, 3.05) is 6.61 Å². The molecule has 1 atom stereocenters. The third kappa shape index (κ3) is 23.4. The van der Waals surface area contributed by atoms with Gasteiger partial charge in [-0.05, 0) is 32.1 Å². The van der Waals surface area contributed by atoms with E-state index in [0.717, 1.165) is 19.3 Å². The summed E-state index contributed by atoms with van der Waals surface area (Å²) in [6, 6.07) is 0. The van der Waals surface area contributed by atoms with Crippen molar-refractivity contribution in [3.63, 3.8) is 0 Å². The van der Waals surface area contributed by atoms with E-state index in [1.165, 1.54) is 102 Å². The Labute approximate surface area is 204 Å². The molecule has 0 rings (SSSR count). The minimum Gasteiger partial charge on any atom is -0.481 e. The number of hydrogen-bond acceptors (Lipinski definition) is 3. The second kappa shape index (κ2) is 25.1. The minimum atomic E-state index is -0.946. The van der Waals surface area contributed by atoms with Gasteiger partial charge in [0, 0.05) is 0 Å². The van der Waals surface area contributed by atoms with Gasteiger partial charge in [-0.15, -0.1) is 0 Å². The lowest BCUT2D eigenvalue weighted by molar-refractivity contribution is -0.152. The molecule has 0 aromatic carbocycles. The van der Waals surface area contributed by atoms with Gasteiger partial charge in [0.25, 0.3) is 0 Å². The lowest BCUT2D eigenvalue weighted by atomic mass is 9.97. The van der Waals surface area contributed by atoms with Crippen molar-refractivity contribution in [3.8, 4) is 0 Å². The zero-order chi connectivity index (χ0) is 24.4. The molecule has 0 aliphatic rings. The number of hydrogen-bond donors (Lipinski definition) is 1. The van der Waals surface area contributed by atoms with E-state index in [4.69, 9.17) is 9.84 Å². The Balaban J connectivity index is 3.47. The number of carboxylic acid groups (broad SMARTS) is 1. The van der Waals surface area contributed by atoms with E-state index in [-0.39, 0.29) is 13.0 Å². The Kier molecular flexibility index (Phi) is 23.9. The SMILES string of the molecule is C=CCOC(=O)C(CCCCCCCCCC/C=C/CCCCCCCCCC)CC(=O)O. The van der Waals surface area contributed by atoms with E-state index in [9.17, 15) is 9.59 Å². The number of rotatable bonds is 25. The number of allylic oxidation sites excluding steroid dienone is 2. The van der Waals surface area contributed by atoms with Gasteiger partial charge in [0.05, 0.1) is 12.3 Å². The molecule has 1 N–H and O–H groups in total. The molecule has 0 aliphatic heterocycles. The highest BCUT2D eigenvalue weighted by molar-refractivity contribution is 5.79. The molecule has 33 heavy (non-hydrogen) atoms. The van der Waals surface area contributed by atoms with Gasteiger partial charge in [-0.25, -0.2) is 0 Å². The molecule has 0 fully saturated rings. The van der Waals surface area contributed by atoms with Crippen LogP contribution in [0.1, 0.15) is 135 Å². The molecule has 0 amide bonds. The van der Waals surface area contributed by atoms with Crippen molar-refractivity contribution in [3.05, 3.63) is 24.8 Å². The van der Waals surface area contributed by atoms with Crippen LogP contribution in [-0.4, -0.2) is 23.7 Å². The van der Waals surface area contributed by atoms with Crippen LogP contribution in [0.5, 0.6) is 0 Å². The second-order valence-electron chi connectivity index (χ2n) is 9.35. The predicted octanol–water partition coefficient (Wildman–Crippen LogP) is 8.79. The fourth-order valence-corrected chi connectivity index (χ4v) is 4.12. The van der Waals surface area contributed by atoms with Gasteiger partial charge in [-0.2, -0.15) is 0 Å². The maximum absolute atomic E-state index is 11.9. The minimum absolute atomic E-state index is 0.143. The van der Waals surface area contributed by atoms with Crippen LogP contribution in [0.2, 0.25) is 0 Å². The first-order chi connectivity index (χ1) is 16.1. The molecule has 0 spiro atoms. The van der Waals surface area contributed by atoms with E-state index in [1.807, 2.05) is 0 Å². The number of carbonyl (C=O) groups excluding carboxylic acids is 1. The van der Waals surface area contributed by atoms with Gasteiger partial charge in [0.15, 0.2) is 0 Å². The molecule has 192 valence electrons. The van der Waals surface area contributed by atoms with Gasteiger partial charge in [-0.3, -0.25) is 9.59 Å². The largest absolute Gasteiger partial charge is 0.481 e. The Hall–Kier alpha value is -1.58. The van der Waals surface area contributed by atoms with E-state index < -0.39 is 17.9 Å². The Bertz CT molecular complexity index is 498. The highest BCUT2D eigenvalue weighted by atomic mass is 16.5. The Morgan fingerprint density at radius 2 is 1.21 bits per heavy atom. The maximum Gasteiger partial charge on any atom is 0.309 e. The quantitative estimate of drug-likeness (QED) is 0.0832. The molecule has 0 heterocycles. The number of ether oxygens (including phenoxy) is 1. The van der Waals surface area contributed by atoms with Crippen molar-refractivity contribution < 1.29 is 19.4 Å². The third-order valence-electron chi connectivity index (χ3n) is 6.16. The molecule has 4 heteroatoms. The van der Waals surface area contributed by atoms with Crippen molar-refractivity contribution in [2.45, 2.75) is 135 Å². The Morgan fingerprint density at radius 3 is 1.67 bits per heavy atom. The summed E-state index contributed by atoms with van der Waals surface area (Å²) in [4.78, 5) is 22.9. The molecule has 0 aromatic rings. The van der Waals surface area contributed by atoms with Crippen LogP contribution < -0.4 is 0 Å². The molecule has 0 saturated heterocycles. The summed E-state index contributed by atoms with van der Waals surface area (Å²) >= 11 is 0. The fraction of sp³-hybridized carbons (Fsp3) is 0.793. The molecule has 1 unspecified atom stereocenters. The molecular formula is C29H52O4. The van der Waals surface area contributed by atoms with Crippen LogP contribution >= 0.6 is 0 Å². The van der Waals surface area contributed by atoms with Gasteiger partial charge in [0.2, 0.25) is 0 Å². The van der Waals surface area contributed by atoms with E-state index in [0.29, 0.717) is 6.42 Å². The Morgan fingerprint density at radius 1 is 0.758 bits per heavy atom. The highest BCUT2D eigenvalue weighted by Crippen LogP contribution is 2.18. The normalized spacial score (nSPS) is 12.2. The van der Waals surface area contributed by atoms with Gasteiger partial charge in [0.1, 0.15) is 6.61 Å². The van der Waals surface area contributed by atoms with Gasteiger partial charge in [-0.1, -0.05) is 122 Å². The van der Waals surface area contributed by atoms with E-state index >= 15 is 0 Å². The first-order valence-corrected chi connectivity index (χ1v) is 13.8.